The molecule has 54 valence electrons. The first kappa shape index (κ1) is 13.4. The van der Waals surface area contributed by atoms with E-state index >= 15 is 0 Å². The fraction of sp³-hybridized carbons (Fsp3) is 0. The molecule has 1 rings (SSSR count). The molecular formula is C6H8BLiO3. The van der Waals surface area contributed by atoms with Gasteiger partial charge in [-0.3, -0.25) is 0 Å². The van der Waals surface area contributed by atoms with Gasteiger partial charge in [0.1, 0.15) is 0 Å². The third kappa shape index (κ3) is 17.7. The average molecular weight is 146 g/mol. The van der Waals surface area contributed by atoms with Crippen LogP contribution in [0.4, 0.5) is 0 Å². The van der Waals surface area contributed by atoms with E-state index in [1.54, 1.807) is 0 Å². The van der Waals surface area contributed by atoms with Gasteiger partial charge in [-0.2, -0.15) is 36.4 Å². The molecule has 0 aliphatic heterocycles. The number of benzene rings is 1. The third-order valence-corrected chi connectivity index (χ3v) is 0.607. The summed E-state index contributed by atoms with van der Waals surface area (Å²) in [4.78, 5) is 0. The van der Waals surface area contributed by atoms with Gasteiger partial charge in [-0.25, -0.2) is 0 Å². The summed E-state index contributed by atoms with van der Waals surface area (Å²) in [5.74, 6) is 0. The number of hydrogen-bond acceptors (Lipinski definition) is 3. The van der Waals surface area contributed by atoms with Crippen molar-refractivity contribution in [3.8, 4) is 0 Å². The summed E-state index contributed by atoms with van der Waals surface area (Å²) in [5, 5.41) is 21.5. The van der Waals surface area contributed by atoms with Gasteiger partial charge in [0.15, 0.2) is 0 Å². The Balaban J connectivity index is 0. The Morgan fingerprint density at radius 2 is 1.27 bits per heavy atom. The zero-order valence-electron chi connectivity index (χ0n) is 6.31. The summed E-state index contributed by atoms with van der Waals surface area (Å²) >= 11 is 0. The maximum atomic E-state index is 7.17. The van der Waals surface area contributed by atoms with E-state index in [2.05, 4.69) is 6.07 Å². The molecule has 0 radical (unpaired) electrons. The molecule has 0 fully saturated rings. The summed E-state index contributed by atoms with van der Waals surface area (Å²) < 4.78 is 0. The maximum Gasteiger partial charge on any atom is 1.00 e. The molecule has 0 bridgehead atoms. The van der Waals surface area contributed by atoms with Gasteiger partial charge in [-0.1, -0.05) is 0 Å². The van der Waals surface area contributed by atoms with Crippen molar-refractivity contribution in [2.75, 3.05) is 0 Å². The van der Waals surface area contributed by atoms with Crippen molar-refractivity contribution in [2.24, 2.45) is 0 Å². The van der Waals surface area contributed by atoms with Crippen LogP contribution in [0.15, 0.2) is 30.3 Å². The zero-order chi connectivity index (χ0) is 7.82. The van der Waals surface area contributed by atoms with Crippen molar-refractivity contribution in [1.82, 2.24) is 0 Å². The van der Waals surface area contributed by atoms with E-state index in [-0.39, 0.29) is 18.9 Å². The predicted molar refractivity (Wildman–Crippen MR) is 37.7 cm³/mol. The number of rotatable bonds is 0. The van der Waals surface area contributed by atoms with E-state index < -0.39 is 7.32 Å². The van der Waals surface area contributed by atoms with Gasteiger partial charge in [0.25, 0.3) is 0 Å². The minimum absolute atomic E-state index is 0. The van der Waals surface area contributed by atoms with Gasteiger partial charge >= 0.3 is 26.2 Å². The van der Waals surface area contributed by atoms with Gasteiger partial charge in [0.05, 0.1) is 0 Å². The van der Waals surface area contributed by atoms with Crippen LogP contribution in [-0.4, -0.2) is 22.4 Å². The van der Waals surface area contributed by atoms with Crippen LogP contribution >= 0.6 is 0 Å². The Morgan fingerprint density at radius 3 is 1.36 bits per heavy atom. The van der Waals surface area contributed by atoms with Gasteiger partial charge in [0.2, 0.25) is 0 Å². The minimum atomic E-state index is -2.17. The maximum absolute atomic E-state index is 7.17. The fourth-order valence-electron chi connectivity index (χ4n) is 0.342. The van der Waals surface area contributed by atoms with Crippen LogP contribution in [0.2, 0.25) is 0 Å². The quantitative estimate of drug-likeness (QED) is 0.262. The predicted octanol–water partition coefficient (Wildman–Crippen LogP) is -3.56. The van der Waals surface area contributed by atoms with Crippen LogP contribution < -0.4 is 18.9 Å². The van der Waals surface area contributed by atoms with Crippen molar-refractivity contribution in [1.29, 1.82) is 0 Å². The van der Waals surface area contributed by atoms with E-state index in [9.17, 15) is 0 Å². The van der Waals surface area contributed by atoms with Crippen molar-refractivity contribution >= 4 is 7.32 Å². The molecule has 5 heteroatoms. The molecule has 3 N–H and O–H groups in total. The first-order valence-electron chi connectivity index (χ1n) is 2.69. The van der Waals surface area contributed by atoms with Crippen molar-refractivity contribution < 1.29 is 33.9 Å². The molecule has 1 aromatic carbocycles. The second-order valence-corrected chi connectivity index (χ2v) is 1.42. The average Bonchev–Trinajstić information content (AvgIpc) is 1.90. The van der Waals surface area contributed by atoms with Crippen LogP contribution in [0, 0.1) is 6.07 Å². The molecule has 0 unspecified atom stereocenters. The molecule has 0 aromatic heterocycles. The molecule has 0 saturated heterocycles. The zero-order valence-corrected chi connectivity index (χ0v) is 6.31. The Kier molecular flexibility index (Phi) is 11.9. The van der Waals surface area contributed by atoms with E-state index in [0.29, 0.717) is 0 Å². The van der Waals surface area contributed by atoms with Crippen LogP contribution in [0.3, 0.4) is 0 Å². The fourth-order valence-corrected chi connectivity index (χ4v) is 0.342. The Bertz CT molecular complexity index is 118. The molecular weight excluding hydrogens is 138 g/mol. The van der Waals surface area contributed by atoms with E-state index in [1.807, 2.05) is 30.3 Å². The monoisotopic (exact) mass is 146 g/mol. The van der Waals surface area contributed by atoms with Gasteiger partial charge < -0.3 is 15.1 Å². The molecule has 0 heterocycles. The SMILES string of the molecule is OB(O)O.[Li+].[c-]1ccccc1. The van der Waals surface area contributed by atoms with Crippen LogP contribution in [0.5, 0.6) is 0 Å². The molecule has 0 saturated carbocycles. The topological polar surface area (TPSA) is 60.7 Å². The molecule has 0 spiro atoms. The van der Waals surface area contributed by atoms with Crippen LogP contribution in [-0.2, 0) is 0 Å². The Labute approximate surface area is 78.0 Å². The second-order valence-electron chi connectivity index (χ2n) is 1.42. The Morgan fingerprint density at radius 1 is 0.909 bits per heavy atom. The molecule has 0 amide bonds. The van der Waals surface area contributed by atoms with E-state index in [4.69, 9.17) is 15.1 Å². The molecule has 11 heavy (non-hydrogen) atoms. The third-order valence-electron chi connectivity index (χ3n) is 0.607. The molecule has 3 nitrogen and oxygen atoms in total. The van der Waals surface area contributed by atoms with Crippen molar-refractivity contribution in [3.05, 3.63) is 36.4 Å². The van der Waals surface area contributed by atoms with Gasteiger partial charge in [-0.15, -0.1) is 0 Å². The van der Waals surface area contributed by atoms with E-state index in [1.165, 1.54) is 0 Å². The van der Waals surface area contributed by atoms with Gasteiger partial charge in [-0.05, 0) is 0 Å². The molecule has 0 aliphatic carbocycles. The first-order chi connectivity index (χ1) is 4.73. The van der Waals surface area contributed by atoms with Gasteiger partial charge in [0, 0.05) is 0 Å². The number of hydrogen-bond donors (Lipinski definition) is 3. The summed E-state index contributed by atoms with van der Waals surface area (Å²) in [6.07, 6.45) is 0. The first-order valence-corrected chi connectivity index (χ1v) is 2.69. The normalized spacial score (nSPS) is 6.82. The second kappa shape index (κ2) is 9.76. The molecule has 1 aromatic rings. The summed E-state index contributed by atoms with van der Waals surface area (Å²) in [6.45, 7) is 0. The van der Waals surface area contributed by atoms with Crippen molar-refractivity contribution in [2.45, 2.75) is 0 Å². The largest absolute Gasteiger partial charge is 1.00 e. The van der Waals surface area contributed by atoms with E-state index in [0.717, 1.165) is 0 Å². The minimum Gasteiger partial charge on any atom is -0.402 e. The summed E-state index contributed by atoms with van der Waals surface area (Å²) in [6, 6.07) is 12.5. The molecule has 0 atom stereocenters. The summed E-state index contributed by atoms with van der Waals surface area (Å²) in [5.41, 5.74) is 0. The Hall–Kier alpha value is -0.238. The molecule has 0 aliphatic rings. The van der Waals surface area contributed by atoms with Crippen LogP contribution in [0.25, 0.3) is 0 Å². The standard InChI is InChI=1S/C6H5.BH3O3.Li/c1-2-4-6-5-3-1;2-1(3)4;/h1-5H;2-4H;/q-1;;+1. The van der Waals surface area contributed by atoms with Crippen molar-refractivity contribution in [3.63, 3.8) is 0 Å². The summed E-state index contributed by atoms with van der Waals surface area (Å²) in [7, 11) is -2.17. The van der Waals surface area contributed by atoms with Crippen LogP contribution in [0.1, 0.15) is 0 Å². The smallest absolute Gasteiger partial charge is 0.402 e.